The molecule has 0 saturated carbocycles. The smallest absolute Gasteiger partial charge is 0.419 e. The van der Waals surface area contributed by atoms with E-state index in [1.807, 2.05) is 12.1 Å². The molecule has 5 rings (SSSR count). The number of oxazole rings is 1. The Balaban J connectivity index is 1.12. The molecule has 1 aromatic heterocycles. The van der Waals surface area contributed by atoms with Gasteiger partial charge in [0, 0.05) is 25.2 Å². The molecular weight excluding hydrogens is 422 g/mol. The highest BCUT2D eigenvalue weighted by Gasteiger charge is 2.26. The molecule has 2 aliphatic heterocycles. The van der Waals surface area contributed by atoms with Crippen LogP contribution in [0.25, 0.3) is 11.1 Å². The number of rotatable bonds is 6. The maximum absolute atomic E-state index is 12.3. The topological polar surface area (TPSA) is 89.9 Å². The molecule has 3 aromatic rings. The summed E-state index contributed by atoms with van der Waals surface area (Å²) in [6.07, 6.45) is 3.07. The number of hydrogen-bond acceptors (Lipinski definition) is 7. The lowest BCUT2D eigenvalue weighted by molar-refractivity contribution is 0.0469. The number of aryl methyl sites for hydroxylation is 1. The number of ether oxygens (including phenoxy) is 3. The van der Waals surface area contributed by atoms with Gasteiger partial charge in [0.15, 0.2) is 17.1 Å². The minimum absolute atomic E-state index is 0.0455. The third kappa shape index (κ3) is 4.55. The highest BCUT2D eigenvalue weighted by Crippen LogP contribution is 2.33. The zero-order valence-corrected chi connectivity index (χ0v) is 18.7. The highest BCUT2D eigenvalue weighted by atomic mass is 16.6. The van der Waals surface area contributed by atoms with Crippen LogP contribution in [0.4, 0.5) is 0 Å². The number of fused-ring (bicyclic) bond motifs is 2. The van der Waals surface area contributed by atoms with Crippen LogP contribution in [0.2, 0.25) is 0 Å². The molecule has 1 atom stereocenters. The van der Waals surface area contributed by atoms with Crippen molar-refractivity contribution in [3.63, 3.8) is 0 Å². The monoisotopic (exact) mass is 449 g/mol. The van der Waals surface area contributed by atoms with Crippen LogP contribution in [0.5, 0.6) is 17.2 Å². The highest BCUT2D eigenvalue weighted by molar-refractivity contribution is 5.74. The van der Waals surface area contributed by atoms with Crippen molar-refractivity contribution in [3.05, 3.63) is 52.5 Å². The zero-order valence-electron chi connectivity index (χ0n) is 18.7. The average Bonchev–Trinajstić information content (AvgIpc) is 3.17. The van der Waals surface area contributed by atoms with Crippen LogP contribution in [0.1, 0.15) is 24.8 Å². The Labute approximate surface area is 191 Å². The molecule has 8 heteroatoms. The summed E-state index contributed by atoms with van der Waals surface area (Å²) in [5, 5.41) is 9.10. The molecule has 8 nitrogen and oxygen atoms in total. The van der Waals surface area contributed by atoms with Gasteiger partial charge in [0.1, 0.15) is 18.5 Å². The van der Waals surface area contributed by atoms with Gasteiger partial charge in [-0.15, -0.1) is 0 Å². The molecule has 3 heterocycles. The Morgan fingerprint density at radius 2 is 2.00 bits per heavy atom. The molecular formula is C25H27N3O5. The Morgan fingerprint density at radius 3 is 2.79 bits per heavy atom. The molecule has 33 heavy (non-hydrogen) atoms. The van der Waals surface area contributed by atoms with Gasteiger partial charge in [-0.3, -0.25) is 9.47 Å². The fraction of sp³-hybridized carbons (Fsp3) is 0.440. The summed E-state index contributed by atoms with van der Waals surface area (Å²) < 4.78 is 24.3. The van der Waals surface area contributed by atoms with Crippen molar-refractivity contribution >= 4 is 11.1 Å². The standard InChI is InChI=1S/C25H27N3O5/c1-30-19-3-4-21-23(13-19)33-25(29)28(21)11-8-17-6-9-27(10-7-17)15-20-16-31-22-5-2-18(14-26)12-24(22)32-20/h2-5,12-13,17,20H,6-11,15-16H2,1H3. The predicted molar refractivity (Wildman–Crippen MR) is 122 cm³/mol. The zero-order chi connectivity index (χ0) is 22.8. The van der Waals surface area contributed by atoms with Crippen molar-refractivity contribution < 1.29 is 18.6 Å². The number of benzene rings is 2. The number of piperidine rings is 1. The van der Waals surface area contributed by atoms with Gasteiger partial charge in [0.25, 0.3) is 0 Å². The number of aromatic nitrogens is 1. The second kappa shape index (κ2) is 9.20. The van der Waals surface area contributed by atoms with E-state index in [4.69, 9.17) is 23.9 Å². The molecule has 0 bridgehead atoms. The van der Waals surface area contributed by atoms with Crippen molar-refractivity contribution in [2.45, 2.75) is 31.9 Å². The number of nitriles is 1. The number of hydrogen-bond donors (Lipinski definition) is 0. The lowest BCUT2D eigenvalue weighted by Crippen LogP contribution is -2.44. The summed E-state index contributed by atoms with van der Waals surface area (Å²) in [7, 11) is 1.60. The maximum atomic E-state index is 12.3. The van der Waals surface area contributed by atoms with Crippen molar-refractivity contribution in [3.8, 4) is 23.3 Å². The summed E-state index contributed by atoms with van der Waals surface area (Å²) in [5.41, 5.74) is 1.95. The minimum atomic E-state index is -0.315. The van der Waals surface area contributed by atoms with Crippen molar-refractivity contribution in [1.29, 1.82) is 5.26 Å². The average molecular weight is 450 g/mol. The van der Waals surface area contributed by atoms with Crippen LogP contribution in [0.15, 0.2) is 45.6 Å². The van der Waals surface area contributed by atoms with Gasteiger partial charge >= 0.3 is 5.76 Å². The quantitative estimate of drug-likeness (QED) is 0.570. The molecule has 1 unspecified atom stereocenters. The molecule has 0 spiro atoms. The van der Waals surface area contributed by atoms with E-state index in [0.717, 1.165) is 44.4 Å². The first-order valence-corrected chi connectivity index (χ1v) is 11.4. The van der Waals surface area contributed by atoms with Crippen molar-refractivity contribution in [2.24, 2.45) is 5.92 Å². The first-order valence-electron chi connectivity index (χ1n) is 11.4. The van der Waals surface area contributed by atoms with E-state index in [9.17, 15) is 4.79 Å². The molecule has 2 aliphatic rings. The summed E-state index contributed by atoms with van der Waals surface area (Å²) in [4.78, 5) is 14.7. The summed E-state index contributed by atoms with van der Waals surface area (Å²) in [6, 6.07) is 12.9. The van der Waals surface area contributed by atoms with Crippen molar-refractivity contribution in [1.82, 2.24) is 9.47 Å². The lowest BCUT2D eigenvalue weighted by atomic mass is 9.93. The van der Waals surface area contributed by atoms with Crippen LogP contribution in [-0.4, -0.2) is 48.9 Å². The summed E-state index contributed by atoms with van der Waals surface area (Å²) in [6.45, 7) is 3.96. The molecule has 2 aromatic carbocycles. The Morgan fingerprint density at radius 1 is 1.15 bits per heavy atom. The second-order valence-electron chi connectivity index (χ2n) is 8.71. The second-order valence-corrected chi connectivity index (χ2v) is 8.71. The van der Waals surface area contributed by atoms with Crippen molar-refractivity contribution in [2.75, 3.05) is 33.4 Å². The van der Waals surface area contributed by atoms with Crippen LogP contribution in [0.3, 0.4) is 0 Å². The van der Waals surface area contributed by atoms with E-state index < -0.39 is 0 Å². The van der Waals surface area contributed by atoms with Gasteiger partial charge in [0.2, 0.25) is 0 Å². The Kier molecular flexibility index (Phi) is 5.97. The van der Waals surface area contributed by atoms with Gasteiger partial charge in [-0.1, -0.05) is 0 Å². The van der Waals surface area contributed by atoms with Gasteiger partial charge in [0.05, 0.1) is 24.3 Å². The minimum Gasteiger partial charge on any atom is -0.497 e. The van der Waals surface area contributed by atoms with E-state index in [1.54, 1.807) is 35.9 Å². The molecule has 1 saturated heterocycles. The molecule has 0 radical (unpaired) electrons. The maximum Gasteiger partial charge on any atom is 0.419 e. The Hall–Kier alpha value is -3.44. The largest absolute Gasteiger partial charge is 0.497 e. The predicted octanol–water partition coefficient (Wildman–Crippen LogP) is 3.42. The molecule has 172 valence electrons. The van der Waals surface area contributed by atoms with Gasteiger partial charge in [-0.2, -0.15) is 5.26 Å². The fourth-order valence-electron chi connectivity index (χ4n) is 4.72. The number of nitrogens with zero attached hydrogens (tertiary/aromatic N) is 3. The van der Waals surface area contributed by atoms with Gasteiger partial charge in [-0.25, -0.2) is 4.79 Å². The first-order chi connectivity index (χ1) is 16.1. The van der Waals surface area contributed by atoms with Gasteiger partial charge in [-0.05, 0) is 62.5 Å². The van der Waals surface area contributed by atoms with Gasteiger partial charge < -0.3 is 18.6 Å². The summed E-state index contributed by atoms with van der Waals surface area (Å²) in [5.74, 6) is 2.28. The van der Waals surface area contributed by atoms with Crippen LogP contribution < -0.4 is 20.0 Å². The molecule has 0 amide bonds. The number of methoxy groups -OCH3 is 1. The third-order valence-electron chi connectivity index (χ3n) is 6.60. The van der Waals surface area contributed by atoms with Crippen LogP contribution in [0, 0.1) is 17.2 Å². The lowest BCUT2D eigenvalue weighted by Gasteiger charge is -2.35. The third-order valence-corrected chi connectivity index (χ3v) is 6.60. The van der Waals surface area contributed by atoms with Crippen LogP contribution in [-0.2, 0) is 6.54 Å². The Bertz CT molecular complexity index is 1230. The van der Waals surface area contributed by atoms with E-state index >= 15 is 0 Å². The fourth-order valence-corrected chi connectivity index (χ4v) is 4.72. The normalized spacial score (nSPS) is 18.8. The van der Waals surface area contributed by atoms with E-state index in [2.05, 4.69) is 11.0 Å². The molecule has 0 aliphatic carbocycles. The number of likely N-dealkylation sites (tertiary alicyclic amines) is 1. The molecule has 0 N–H and O–H groups in total. The van der Waals surface area contributed by atoms with E-state index in [-0.39, 0.29) is 11.9 Å². The summed E-state index contributed by atoms with van der Waals surface area (Å²) >= 11 is 0. The SMILES string of the molecule is COc1ccc2c(c1)oc(=O)n2CCC1CCN(CC2COc3ccc(C#N)cc3O2)CC1. The van der Waals surface area contributed by atoms with E-state index in [1.165, 1.54) is 0 Å². The first kappa shape index (κ1) is 21.4. The van der Waals surface area contributed by atoms with E-state index in [0.29, 0.717) is 47.5 Å². The van der Waals surface area contributed by atoms with Crippen LogP contribution >= 0.6 is 0 Å². The molecule has 1 fully saturated rings.